The van der Waals surface area contributed by atoms with E-state index in [1.165, 1.54) is 5.56 Å². The van der Waals surface area contributed by atoms with E-state index in [1.807, 2.05) is 18.2 Å². The molecule has 24 heavy (non-hydrogen) atoms. The summed E-state index contributed by atoms with van der Waals surface area (Å²) in [6.45, 7) is 5.81. The van der Waals surface area contributed by atoms with Crippen molar-refractivity contribution < 1.29 is 14.7 Å². The molecule has 0 radical (unpaired) electrons. The number of hydrogen-bond donors (Lipinski definition) is 3. The average Bonchev–Trinajstić information content (AvgIpc) is 2.57. The first kappa shape index (κ1) is 18.4. The normalized spacial score (nSPS) is 16.6. The molecule has 1 aromatic rings. The topological polar surface area (TPSA) is 81.7 Å². The maximum absolute atomic E-state index is 12.0. The van der Waals surface area contributed by atoms with Crippen molar-refractivity contribution in [2.24, 2.45) is 0 Å². The molecule has 1 aromatic carbocycles. The van der Waals surface area contributed by atoms with E-state index in [2.05, 4.69) is 27.7 Å². The molecule has 1 heterocycles. The van der Waals surface area contributed by atoms with E-state index >= 15 is 0 Å². The monoisotopic (exact) mass is 333 g/mol. The Kier molecular flexibility index (Phi) is 6.34. The number of nitrogens with zero attached hydrogens (tertiary/aromatic N) is 1. The molecular weight excluding hydrogens is 306 g/mol. The highest BCUT2D eigenvalue weighted by Crippen LogP contribution is 2.13. The van der Waals surface area contributed by atoms with Crippen LogP contribution in [0.15, 0.2) is 30.3 Å². The van der Waals surface area contributed by atoms with Crippen LogP contribution in [-0.2, 0) is 16.1 Å². The molecule has 3 N–H and O–H groups in total. The van der Waals surface area contributed by atoms with Crippen molar-refractivity contribution in [3.05, 3.63) is 35.9 Å². The lowest BCUT2D eigenvalue weighted by Crippen LogP contribution is -2.54. The summed E-state index contributed by atoms with van der Waals surface area (Å²) in [5, 5.41) is 14.5. The lowest BCUT2D eigenvalue weighted by atomic mass is 10.0. The molecule has 0 aromatic heterocycles. The van der Waals surface area contributed by atoms with Crippen LogP contribution >= 0.6 is 0 Å². The van der Waals surface area contributed by atoms with Crippen molar-refractivity contribution >= 4 is 11.8 Å². The number of likely N-dealkylation sites (tertiary alicyclic amines) is 1. The fourth-order valence-corrected chi connectivity index (χ4v) is 2.73. The number of hydrogen-bond acceptors (Lipinski definition) is 4. The molecule has 132 valence electrons. The van der Waals surface area contributed by atoms with E-state index in [0.717, 1.165) is 32.5 Å². The summed E-state index contributed by atoms with van der Waals surface area (Å²) in [5.41, 5.74) is 0.485. The van der Waals surface area contributed by atoms with Crippen LogP contribution in [0.4, 0.5) is 0 Å². The van der Waals surface area contributed by atoms with Gasteiger partial charge in [-0.05, 0) is 32.3 Å². The Morgan fingerprint density at radius 2 is 1.79 bits per heavy atom. The lowest BCUT2D eigenvalue weighted by molar-refractivity contribution is -0.141. The van der Waals surface area contributed by atoms with E-state index in [9.17, 15) is 9.59 Å². The van der Waals surface area contributed by atoms with Crippen molar-refractivity contribution in [1.82, 2.24) is 15.5 Å². The van der Waals surface area contributed by atoms with Gasteiger partial charge >= 0.3 is 11.8 Å². The molecule has 2 amide bonds. The number of carbonyl (C=O) groups excluding carboxylic acids is 2. The molecule has 0 atom stereocenters. The van der Waals surface area contributed by atoms with Crippen LogP contribution in [0.2, 0.25) is 0 Å². The Morgan fingerprint density at radius 1 is 1.17 bits per heavy atom. The van der Waals surface area contributed by atoms with Crippen molar-refractivity contribution in [2.45, 2.75) is 44.8 Å². The van der Waals surface area contributed by atoms with Gasteiger partial charge in [0.1, 0.15) is 0 Å². The second-order valence-electron chi connectivity index (χ2n) is 7.01. The second kappa shape index (κ2) is 8.26. The molecule has 1 aliphatic heterocycles. The smallest absolute Gasteiger partial charge is 0.309 e. The molecule has 6 heteroatoms. The third kappa shape index (κ3) is 5.62. The summed E-state index contributed by atoms with van der Waals surface area (Å²) in [7, 11) is 0. The van der Waals surface area contributed by atoms with Gasteiger partial charge < -0.3 is 15.7 Å². The van der Waals surface area contributed by atoms with Gasteiger partial charge in [-0.3, -0.25) is 14.5 Å². The van der Waals surface area contributed by atoms with Crippen molar-refractivity contribution in [3.63, 3.8) is 0 Å². The minimum Gasteiger partial charge on any atom is -0.394 e. The molecule has 1 fully saturated rings. The first-order valence-corrected chi connectivity index (χ1v) is 8.40. The van der Waals surface area contributed by atoms with Crippen LogP contribution in [-0.4, -0.2) is 53.1 Å². The summed E-state index contributed by atoms with van der Waals surface area (Å²) in [6.07, 6.45) is 1.66. The van der Waals surface area contributed by atoms with Gasteiger partial charge in [-0.15, -0.1) is 0 Å². The molecule has 6 nitrogen and oxygen atoms in total. The van der Waals surface area contributed by atoms with Gasteiger partial charge in [-0.25, -0.2) is 0 Å². The third-order valence-corrected chi connectivity index (χ3v) is 4.23. The van der Waals surface area contributed by atoms with Crippen LogP contribution in [0.5, 0.6) is 0 Å². The summed E-state index contributed by atoms with van der Waals surface area (Å²) in [5.74, 6) is -1.32. The third-order valence-electron chi connectivity index (χ3n) is 4.23. The number of amides is 2. The Bertz CT molecular complexity index is 552. The Hall–Kier alpha value is -1.92. The fraction of sp³-hybridized carbons (Fsp3) is 0.556. The van der Waals surface area contributed by atoms with Crippen LogP contribution in [0.25, 0.3) is 0 Å². The largest absolute Gasteiger partial charge is 0.394 e. The van der Waals surface area contributed by atoms with E-state index in [1.54, 1.807) is 13.8 Å². The van der Waals surface area contributed by atoms with E-state index < -0.39 is 17.4 Å². The van der Waals surface area contributed by atoms with Crippen molar-refractivity contribution in [2.75, 3.05) is 19.7 Å². The molecule has 0 aliphatic carbocycles. The summed E-state index contributed by atoms with van der Waals surface area (Å²) < 4.78 is 0. The van der Waals surface area contributed by atoms with Crippen LogP contribution in [0, 0.1) is 0 Å². The number of aliphatic hydroxyl groups is 1. The molecular formula is C18H27N3O3. The number of nitrogens with one attached hydrogen (secondary N) is 2. The Morgan fingerprint density at radius 3 is 2.38 bits per heavy atom. The van der Waals surface area contributed by atoms with E-state index in [4.69, 9.17) is 5.11 Å². The van der Waals surface area contributed by atoms with Crippen LogP contribution in [0.1, 0.15) is 32.3 Å². The van der Waals surface area contributed by atoms with Gasteiger partial charge in [0.25, 0.3) is 0 Å². The minimum absolute atomic E-state index is 0.0208. The SMILES string of the molecule is CC(C)(CO)NC(=O)C(=O)NC1CCN(Cc2ccccc2)CC1. The first-order valence-electron chi connectivity index (χ1n) is 8.40. The number of benzene rings is 1. The second-order valence-corrected chi connectivity index (χ2v) is 7.01. The van der Waals surface area contributed by atoms with Crippen molar-refractivity contribution in [3.8, 4) is 0 Å². The molecule has 1 saturated heterocycles. The summed E-state index contributed by atoms with van der Waals surface area (Å²) in [6, 6.07) is 10.3. The average molecular weight is 333 g/mol. The first-order chi connectivity index (χ1) is 11.4. The Balaban J connectivity index is 1.74. The highest BCUT2D eigenvalue weighted by Gasteiger charge is 2.27. The van der Waals surface area contributed by atoms with Gasteiger partial charge in [-0.2, -0.15) is 0 Å². The zero-order valence-electron chi connectivity index (χ0n) is 14.4. The fourth-order valence-electron chi connectivity index (χ4n) is 2.73. The van der Waals surface area contributed by atoms with E-state index in [0.29, 0.717) is 0 Å². The molecule has 2 rings (SSSR count). The molecule has 0 unspecified atom stereocenters. The molecule has 0 saturated carbocycles. The zero-order valence-corrected chi connectivity index (χ0v) is 14.4. The number of carbonyl (C=O) groups is 2. The van der Waals surface area contributed by atoms with Gasteiger partial charge in [0.2, 0.25) is 0 Å². The maximum Gasteiger partial charge on any atom is 0.309 e. The predicted molar refractivity (Wildman–Crippen MR) is 92.2 cm³/mol. The standard InChI is InChI=1S/C18H27N3O3/c1-18(2,13-22)20-17(24)16(23)19-15-8-10-21(11-9-15)12-14-6-4-3-5-7-14/h3-7,15,22H,8-13H2,1-2H3,(H,19,23)(H,20,24). The van der Waals surface area contributed by atoms with Gasteiger partial charge in [0, 0.05) is 25.7 Å². The number of aliphatic hydroxyl groups excluding tert-OH is 1. The molecule has 0 spiro atoms. The number of piperidine rings is 1. The van der Waals surface area contributed by atoms with Crippen LogP contribution in [0.3, 0.4) is 0 Å². The molecule has 1 aliphatic rings. The van der Waals surface area contributed by atoms with Gasteiger partial charge in [0.05, 0.1) is 12.1 Å². The predicted octanol–water partition coefficient (Wildman–Crippen LogP) is 0.654. The van der Waals surface area contributed by atoms with Crippen molar-refractivity contribution in [1.29, 1.82) is 0 Å². The highest BCUT2D eigenvalue weighted by molar-refractivity contribution is 6.35. The van der Waals surface area contributed by atoms with Gasteiger partial charge in [-0.1, -0.05) is 30.3 Å². The number of rotatable bonds is 5. The van der Waals surface area contributed by atoms with Gasteiger partial charge in [0.15, 0.2) is 0 Å². The highest BCUT2D eigenvalue weighted by atomic mass is 16.3. The Labute approximate surface area is 143 Å². The zero-order chi connectivity index (χ0) is 17.6. The quantitative estimate of drug-likeness (QED) is 0.691. The summed E-state index contributed by atoms with van der Waals surface area (Å²) >= 11 is 0. The minimum atomic E-state index is -0.798. The lowest BCUT2D eigenvalue weighted by Gasteiger charge is -2.32. The molecule has 0 bridgehead atoms. The maximum atomic E-state index is 12.0. The summed E-state index contributed by atoms with van der Waals surface area (Å²) in [4.78, 5) is 26.2. The van der Waals surface area contributed by atoms with Crippen LogP contribution < -0.4 is 10.6 Å². The van der Waals surface area contributed by atoms with E-state index in [-0.39, 0.29) is 12.6 Å².